The number of aromatic nitrogens is 1. The zero-order valence-electron chi connectivity index (χ0n) is 10.0. The van der Waals surface area contributed by atoms with Crippen molar-refractivity contribution in [3.8, 4) is 0 Å². The molecule has 0 atom stereocenters. The van der Waals surface area contributed by atoms with Gasteiger partial charge in [0.2, 0.25) is 0 Å². The fraction of sp³-hybridized carbons (Fsp3) is 0. The SMILES string of the molecule is Nc1cccnc1C(=O)Nc1ccc([N+](=O)[O-])c(Br)c1. The van der Waals surface area contributed by atoms with Crippen molar-refractivity contribution in [2.45, 2.75) is 0 Å². The summed E-state index contributed by atoms with van der Waals surface area (Å²) in [6.45, 7) is 0. The molecule has 2 rings (SSSR count). The first kappa shape index (κ1) is 13.9. The fourth-order valence-corrected chi connectivity index (χ4v) is 2.05. The second-order valence-corrected chi connectivity index (χ2v) is 4.67. The molecule has 0 spiro atoms. The van der Waals surface area contributed by atoms with E-state index in [1.807, 2.05) is 0 Å². The molecule has 20 heavy (non-hydrogen) atoms. The highest BCUT2D eigenvalue weighted by Gasteiger charge is 2.15. The van der Waals surface area contributed by atoms with Crippen molar-refractivity contribution in [3.05, 3.63) is 56.8 Å². The number of benzene rings is 1. The summed E-state index contributed by atoms with van der Waals surface area (Å²) >= 11 is 3.08. The Morgan fingerprint density at radius 1 is 1.40 bits per heavy atom. The molecule has 1 aromatic heterocycles. The number of hydrogen-bond acceptors (Lipinski definition) is 5. The molecule has 0 aliphatic carbocycles. The number of amides is 1. The van der Waals surface area contributed by atoms with Crippen molar-refractivity contribution < 1.29 is 9.72 Å². The largest absolute Gasteiger partial charge is 0.397 e. The number of carbonyl (C=O) groups excluding carboxylic acids is 1. The minimum absolute atomic E-state index is 0.0830. The molecular weight excluding hydrogens is 328 g/mol. The van der Waals surface area contributed by atoms with Gasteiger partial charge in [0.15, 0.2) is 5.69 Å². The molecule has 0 aliphatic heterocycles. The van der Waals surface area contributed by atoms with Crippen LogP contribution in [0.4, 0.5) is 17.1 Å². The van der Waals surface area contributed by atoms with E-state index in [1.165, 1.54) is 24.4 Å². The van der Waals surface area contributed by atoms with Gasteiger partial charge in [-0.1, -0.05) is 0 Å². The third-order valence-electron chi connectivity index (χ3n) is 2.46. The fourth-order valence-electron chi connectivity index (χ4n) is 1.53. The number of pyridine rings is 1. The molecule has 0 saturated carbocycles. The lowest BCUT2D eigenvalue weighted by molar-refractivity contribution is -0.385. The summed E-state index contributed by atoms with van der Waals surface area (Å²) in [7, 11) is 0. The lowest BCUT2D eigenvalue weighted by Crippen LogP contribution is -2.15. The Labute approximate surface area is 122 Å². The van der Waals surface area contributed by atoms with Crippen LogP contribution in [0.1, 0.15) is 10.5 Å². The number of nitro benzene ring substituents is 1. The molecule has 7 nitrogen and oxygen atoms in total. The van der Waals surface area contributed by atoms with Crippen LogP contribution in [0, 0.1) is 10.1 Å². The molecule has 8 heteroatoms. The van der Waals surface area contributed by atoms with Gasteiger partial charge in [0.1, 0.15) is 0 Å². The topological polar surface area (TPSA) is 111 Å². The lowest BCUT2D eigenvalue weighted by atomic mass is 10.2. The van der Waals surface area contributed by atoms with E-state index in [1.54, 1.807) is 12.1 Å². The number of carbonyl (C=O) groups is 1. The standard InChI is InChI=1S/C12H9BrN4O3/c13-8-6-7(3-4-10(8)17(19)20)16-12(18)11-9(14)2-1-5-15-11/h1-6H,14H2,(H,16,18). The van der Waals surface area contributed by atoms with E-state index >= 15 is 0 Å². The third-order valence-corrected chi connectivity index (χ3v) is 3.09. The first-order valence-corrected chi connectivity index (χ1v) is 6.24. The number of rotatable bonds is 3. The summed E-state index contributed by atoms with van der Waals surface area (Å²) in [5, 5.41) is 13.3. The van der Waals surface area contributed by atoms with Gasteiger partial charge in [-0.15, -0.1) is 0 Å². The van der Waals surface area contributed by atoms with E-state index in [-0.39, 0.29) is 21.5 Å². The summed E-state index contributed by atoms with van der Waals surface area (Å²) in [6.07, 6.45) is 1.46. The van der Waals surface area contributed by atoms with Crippen molar-refractivity contribution in [2.24, 2.45) is 0 Å². The smallest absolute Gasteiger partial charge is 0.283 e. The predicted molar refractivity (Wildman–Crippen MR) is 77.4 cm³/mol. The molecule has 1 amide bonds. The minimum atomic E-state index is -0.521. The first-order valence-electron chi connectivity index (χ1n) is 5.45. The van der Waals surface area contributed by atoms with Gasteiger partial charge in [0, 0.05) is 18.0 Å². The second kappa shape index (κ2) is 5.66. The monoisotopic (exact) mass is 336 g/mol. The molecule has 0 bridgehead atoms. The van der Waals surface area contributed by atoms with Gasteiger partial charge in [0.05, 0.1) is 15.1 Å². The maximum Gasteiger partial charge on any atom is 0.283 e. The maximum absolute atomic E-state index is 12.0. The number of nitrogens with two attached hydrogens (primary N) is 1. The number of hydrogen-bond donors (Lipinski definition) is 2. The van der Waals surface area contributed by atoms with Gasteiger partial charge in [-0.05, 0) is 40.2 Å². The third kappa shape index (κ3) is 2.91. The van der Waals surface area contributed by atoms with Crippen LogP contribution in [-0.4, -0.2) is 15.8 Å². The Kier molecular flexibility index (Phi) is 3.94. The molecule has 102 valence electrons. The number of nitro groups is 1. The van der Waals surface area contributed by atoms with Crippen LogP contribution in [0.15, 0.2) is 41.0 Å². The molecule has 0 radical (unpaired) electrons. The summed E-state index contributed by atoms with van der Waals surface area (Å²) in [6, 6.07) is 7.35. The van der Waals surface area contributed by atoms with Crippen LogP contribution in [0.3, 0.4) is 0 Å². The number of halogens is 1. The Balaban J connectivity index is 2.23. The van der Waals surface area contributed by atoms with Crippen molar-refractivity contribution >= 4 is 38.9 Å². The van der Waals surface area contributed by atoms with Crippen LogP contribution in [-0.2, 0) is 0 Å². The number of nitrogens with one attached hydrogen (secondary N) is 1. The van der Waals surface area contributed by atoms with Gasteiger partial charge in [-0.3, -0.25) is 14.9 Å². The Morgan fingerprint density at radius 2 is 2.15 bits per heavy atom. The highest BCUT2D eigenvalue weighted by atomic mass is 79.9. The molecular formula is C12H9BrN4O3. The van der Waals surface area contributed by atoms with E-state index in [4.69, 9.17) is 5.73 Å². The Bertz CT molecular complexity index is 690. The summed E-state index contributed by atoms with van der Waals surface area (Å²) < 4.78 is 0.272. The maximum atomic E-state index is 12.0. The van der Waals surface area contributed by atoms with Gasteiger partial charge >= 0.3 is 0 Å². The molecule has 0 unspecified atom stereocenters. The molecule has 0 aliphatic rings. The second-order valence-electron chi connectivity index (χ2n) is 3.82. The number of anilines is 2. The van der Waals surface area contributed by atoms with Crippen LogP contribution < -0.4 is 11.1 Å². The van der Waals surface area contributed by atoms with E-state index in [9.17, 15) is 14.9 Å². The summed E-state index contributed by atoms with van der Waals surface area (Å²) in [4.78, 5) is 26.0. The Morgan fingerprint density at radius 3 is 2.75 bits per heavy atom. The highest BCUT2D eigenvalue weighted by molar-refractivity contribution is 9.10. The average Bonchev–Trinajstić information content (AvgIpc) is 2.38. The van der Waals surface area contributed by atoms with E-state index in [0.717, 1.165) is 0 Å². The van der Waals surface area contributed by atoms with Crippen molar-refractivity contribution in [2.75, 3.05) is 11.1 Å². The quantitative estimate of drug-likeness (QED) is 0.660. The highest BCUT2D eigenvalue weighted by Crippen LogP contribution is 2.27. The molecule has 3 N–H and O–H groups in total. The molecule has 2 aromatic rings. The van der Waals surface area contributed by atoms with E-state index in [2.05, 4.69) is 26.2 Å². The van der Waals surface area contributed by atoms with Gasteiger partial charge in [0.25, 0.3) is 11.6 Å². The predicted octanol–water partition coefficient (Wildman–Crippen LogP) is 2.59. The molecule has 1 aromatic carbocycles. The van der Waals surface area contributed by atoms with Gasteiger partial charge in [-0.2, -0.15) is 0 Å². The summed E-state index contributed by atoms with van der Waals surface area (Å²) in [5.41, 5.74) is 6.32. The minimum Gasteiger partial charge on any atom is -0.397 e. The zero-order chi connectivity index (χ0) is 14.7. The number of nitrogen functional groups attached to an aromatic ring is 1. The molecule has 1 heterocycles. The zero-order valence-corrected chi connectivity index (χ0v) is 11.6. The Hall–Kier alpha value is -2.48. The van der Waals surface area contributed by atoms with Crippen molar-refractivity contribution in [3.63, 3.8) is 0 Å². The van der Waals surface area contributed by atoms with Gasteiger partial charge < -0.3 is 11.1 Å². The number of nitrogens with zero attached hydrogens (tertiary/aromatic N) is 2. The van der Waals surface area contributed by atoms with Crippen LogP contribution in [0.25, 0.3) is 0 Å². The van der Waals surface area contributed by atoms with Crippen molar-refractivity contribution in [1.29, 1.82) is 0 Å². The lowest BCUT2D eigenvalue weighted by Gasteiger charge is -2.07. The normalized spacial score (nSPS) is 10.1. The summed E-state index contributed by atoms with van der Waals surface area (Å²) in [5.74, 6) is -0.483. The van der Waals surface area contributed by atoms with E-state index in [0.29, 0.717) is 5.69 Å². The van der Waals surface area contributed by atoms with Crippen LogP contribution in [0.5, 0.6) is 0 Å². The average molecular weight is 337 g/mol. The van der Waals surface area contributed by atoms with E-state index < -0.39 is 10.8 Å². The van der Waals surface area contributed by atoms with Crippen LogP contribution in [0.2, 0.25) is 0 Å². The molecule has 0 fully saturated rings. The van der Waals surface area contributed by atoms with Crippen molar-refractivity contribution in [1.82, 2.24) is 4.98 Å². The first-order chi connectivity index (χ1) is 9.49. The van der Waals surface area contributed by atoms with Crippen LogP contribution >= 0.6 is 15.9 Å². The van der Waals surface area contributed by atoms with Gasteiger partial charge in [-0.25, -0.2) is 4.98 Å². The molecule has 0 saturated heterocycles.